The quantitative estimate of drug-likeness (QED) is 0.565. The van der Waals surface area contributed by atoms with E-state index in [0.29, 0.717) is 18.9 Å². The summed E-state index contributed by atoms with van der Waals surface area (Å²) >= 11 is 0. The molecule has 0 amide bonds. The van der Waals surface area contributed by atoms with Crippen molar-refractivity contribution in [3.8, 4) is 0 Å². The number of nitro groups is 1. The van der Waals surface area contributed by atoms with E-state index in [1.54, 1.807) is 0 Å². The zero-order chi connectivity index (χ0) is 16.0. The van der Waals surface area contributed by atoms with Crippen LogP contribution >= 0.6 is 0 Å². The molecule has 1 aromatic carbocycles. The number of ether oxygens (including phenoxy) is 1. The van der Waals surface area contributed by atoms with Crippen molar-refractivity contribution in [2.75, 3.05) is 18.5 Å². The van der Waals surface area contributed by atoms with E-state index >= 15 is 0 Å². The molecular formula is C14H20N2O5. The maximum Gasteiger partial charge on any atom is 0.342 e. The molecule has 0 fully saturated rings. The minimum absolute atomic E-state index is 0.0137. The molecule has 0 aromatic heterocycles. The highest BCUT2D eigenvalue weighted by molar-refractivity contribution is 5.93. The highest BCUT2D eigenvalue weighted by Gasteiger charge is 2.21. The van der Waals surface area contributed by atoms with Crippen molar-refractivity contribution in [2.24, 2.45) is 5.92 Å². The summed E-state index contributed by atoms with van der Waals surface area (Å²) in [5, 5.41) is 23.1. The molecule has 0 radical (unpaired) electrons. The third-order valence-electron chi connectivity index (χ3n) is 3.08. The van der Waals surface area contributed by atoms with Crippen molar-refractivity contribution < 1.29 is 19.6 Å². The summed E-state index contributed by atoms with van der Waals surface area (Å²) in [5.74, 6) is -1.06. The number of hydrogen-bond donors (Lipinski definition) is 2. The molecule has 0 saturated carbocycles. The van der Waals surface area contributed by atoms with Crippen LogP contribution in [0.3, 0.4) is 0 Å². The van der Waals surface area contributed by atoms with Gasteiger partial charge in [0.2, 0.25) is 0 Å². The fourth-order valence-electron chi connectivity index (χ4n) is 1.81. The van der Waals surface area contributed by atoms with Crippen LogP contribution in [0.5, 0.6) is 0 Å². The molecule has 7 nitrogen and oxygen atoms in total. The van der Waals surface area contributed by atoms with Gasteiger partial charge in [0.05, 0.1) is 17.6 Å². The van der Waals surface area contributed by atoms with Gasteiger partial charge in [0.15, 0.2) is 0 Å². The van der Waals surface area contributed by atoms with Crippen molar-refractivity contribution >= 4 is 17.3 Å². The molecule has 0 heterocycles. The van der Waals surface area contributed by atoms with E-state index in [2.05, 4.69) is 5.32 Å². The number of carbonyl (C=O) groups is 1. The molecule has 7 heteroatoms. The van der Waals surface area contributed by atoms with Crippen LogP contribution in [0, 0.1) is 16.0 Å². The Morgan fingerprint density at radius 2 is 2.14 bits per heavy atom. The number of nitrogens with zero attached hydrogens (tertiary/aromatic N) is 1. The smallest absolute Gasteiger partial charge is 0.342 e. The summed E-state index contributed by atoms with van der Waals surface area (Å²) in [4.78, 5) is 21.2. The molecule has 0 aliphatic heterocycles. The third kappa shape index (κ3) is 4.71. The van der Waals surface area contributed by atoms with Gasteiger partial charge in [-0.25, -0.2) is 4.79 Å². The van der Waals surface area contributed by atoms with Crippen molar-refractivity contribution in [3.05, 3.63) is 33.9 Å². The molecular weight excluding hydrogens is 276 g/mol. The summed E-state index contributed by atoms with van der Waals surface area (Å²) in [5.41, 5.74) is -0.243. The van der Waals surface area contributed by atoms with Gasteiger partial charge in [0.25, 0.3) is 5.69 Å². The molecule has 1 rings (SSSR count). The van der Waals surface area contributed by atoms with Crippen LogP contribution in [0.15, 0.2) is 18.2 Å². The monoisotopic (exact) mass is 296 g/mol. The lowest BCUT2D eigenvalue weighted by Gasteiger charge is -2.23. The van der Waals surface area contributed by atoms with Crippen LogP contribution in [0.4, 0.5) is 11.4 Å². The largest absolute Gasteiger partial charge is 0.477 e. The fourth-order valence-corrected chi connectivity index (χ4v) is 1.81. The molecule has 1 unspecified atom stereocenters. The first-order chi connectivity index (χ1) is 9.86. The standard InChI is InChI=1S/C14H20N2O5/c1-4-21-8-12(9(2)3)15-10-5-6-11(14(17)18)13(7-10)16(19)20/h5-7,9,12,15H,4,8H2,1-3H3,(H,17,18). The van der Waals surface area contributed by atoms with Gasteiger partial charge in [0.1, 0.15) is 5.56 Å². The van der Waals surface area contributed by atoms with Gasteiger partial charge >= 0.3 is 5.97 Å². The van der Waals surface area contributed by atoms with Gasteiger partial charge < -0.3 is 15.2 Å². The normalized spacial score (nSPS) is 12.2. The Hall–Kier alpha value is -2.15. The Bertz CT molecular complexity index is 516. The van der Waals surface area contributed by atoms with E-state index in [4.69, 9.17) is 9.84 Å². The van der Waals surface area contributed by atoms with Crippen LogP contribution in [0.2, 0.25) is 0 Å². The Balaban J connectivity index is 3.00. The predicted octanol–water partition coefficient (Wildman–Crippen LogP) is 2.77. The van der Waals surface area contributed by atoms with Gasteiger partial charge in [-0.2, -0.15) is 0 Å². The highest BCUT2D eigenvalue weighted by atomic mass is 16.6. The van der Waals surface area contributed by atoms with Crippen LogP contribution in [0.1, 0.15) is 31.1 Å². The van der Waals surface area contributed by atoms with Crippen molar-refractivity contribution in [1.82, 2.24) is 0 Å². The number of anilines is 1. The second-order valence-electron chi connectivity index (χ2n) is 4.95. The summed E-state index contributed by atoms with van der Waals surface area (Å²) in [6.45, 7) is 6.98. The summed E-state index contributed by atoms with van der Waals surface area (Å²) in [6, 6.07) is 3.99. The Labute approximate surface area is 123 Å². The molecule has 0 bridgehead atoms. The number of benzene rings is 1. The number of carboxylic acid groups (broad SMARTS) is 1. The number of nitrogens with one attached hydrogen (secondary N) is 1. The van der Waals surface area contributed by atoms with E-state index in [9.17, 15) is 14.9 Å². The summed E-state index contributed by atoms with van der Waals surface area (Å²) in [7, 11) is 0. The van der Waals surface area contributed by atoms with Crippen molar-refractivity contribution in [2.45, 2.75) is 26.8 Å². The molecule has 0 saturated heterocycles. The SMILES string of the molecule is CCOCC(Nc1ccc(C(=O)O)c([N+](=O)[O-])c1)C(C)C. The number of nitro benzene ring substituents is 1. The van der Waals surface area contributed by atoms with Gasteiger partial charge in [-0.15, -0.1) is 0 Å². The first-order valence-corrected chi connectivity index (χ1v) is 6.72. The summed E-state index contributed by atoms with van der Waals surface area (Å²) < 4.78 is 5.38. The van der Waals surface area contributed by atoms with E-state index in [1.165, 1.54) is 18.2 Å². The Morgan fingerprint density at radius 1 is 1.48 bits per heavy atom. The van der Waals surface area contributed by atoms with E-state index < -0.39 is 16.6 Å². The highest BCUT2D eigenvalue weighted by Crippen LogP contribution is 2.24. The second-order valence-corrected chi connectivity index (χ2v) is 4.95. The predicted molar refractivity (Wildman–Crippen MR) is 78.8 cm³/mol. The molecule has 0 spiro atoms. The minimum Gasteiger partial charge on any atom is -0.477 e. The maximum absolute atomic E-state index is 11.0. The molecule has 0 aliphatic rings. The first kappa shape index (κ1) is 16.9. The Kier molecular flexibility index (Phi) is 6.10. The van der Waals surface area contributed by atoms with Crippen LogP contribution in [-0.4, -0.2) is 35.3 Å². The number of carboxylic acids is 1. The lowest BCUT2D eigenvalue weighted by Crippen LogP contribution is -2.31. The topological polar surface area (TPSA) is 102 Å². The molecule has 1 aromatic rings. The first-order valence-electron chi connectivity index (χ1n) is 6.72. The Morgan fingerprint density at radius 3 is 2.62 bits per heavy atom. The van der Waals surface area contributed by atoms with E-state index in [1.807, 2.05) is 20.8 Å². The van der Waals surface area contributed by atoms with Gasteiger partial charge in [-0.05, 0) is 25.0 Å². The minimum atomic E-state index is -1.32. The lowest BCUT2D eigenvalue weighted by atomic mass is 10.0. The maximum atomic E-state index is 11.0. The fraction of sp³-hybridized carbons (Fsp3) is 0.500. The number of rotatable bonds is 8. The van der Waals surface area contributed by atoms with E-state index in [-0.39, 0.29) is 17.5 Å². The average molecular weight is 296 g/mol. The molecule has 2 N–H and O–H groups in total. The molecule has 116 valence electrons. The van der Waals surface area contributed by atoms with Crippen molar-refractivity contribution in [3.63, 3.8) is 0 Å². The average Bonchev–Trinajstić information content (AvgIpc) is 2.42. The zero-order valence-electron chi connectivity index (χ0n) is 12.3. The van der Waals surface area contributed by atoms with Crippen LogP contribution in [0.25, 0.3) is 0 Å². The van der Waals surface area contributed by atoms with Gasteiger partial charge in [0, 0.05) is 18.4 Å². The molecule has 21 heavy (non-hydrogen) atoms. The molecule has 0 aliphatic carbocycles. The second kappa shape index (κ2) is 7.58. The van der Waals surface area contributed by atoms with Crippen LogP contribution < -0.4 is 5.32 Å². The summed E-state index contributed by atoms with van der Waals surface area (Å²) in [6.07, 6.45) is 0. The third-order valence-corrected chi connectivity index (χ3v) is 3.08. The number of aromatic carboxylic acids is 1. The molecule has 1 atom stereocenters. The lowest BCUT2D eigenvalue weighted by molar-refractivity contribution is -0.385. The van der Waals surface area contributed by atoms with Gasteiger partial charge in [-0.1, -0.05) is 13.8 Å². The van der Waals surface area contributed by atoms with E-state index in [0.717, 1.165) is 0 Å². The van der Waals surface area contributed by atoms with Crippen LogP contribution in [-0.2, 0) is 4.74 Å². The van der Waals surface area contributed by atoms with Crippen molar-refractivity contribution in [1.29, 1.82) is 0 Å². The van der Waals surface area contributed by atoms with Gasteiger partial charge in [-0.3, -0.25) is 10.1 Å². The zero-order valence-corrected chi connectivity index (χ0v) is 12.3. The number of hydrogen-bond acceptors (Lipinski definition) is 5.